The largest absolute Gasteiger partial charge is 0.393 e. The third kappa shape index (κ3) is 3.30. The van der Waals surface area contributed by atoms with E-state index in [2.05, 4.69) is 5.32 Å². The van der Waals surface area contributed by atoms with E-state index in [1.54, 1.807) is 0 Å². The van der Waals surface area contributed by atoms with Crippen molar-refractivity contribution in [2.24, 2.45) is 0 Å². The van der Waals surface area contributed by atoms with Crippen molar-refractivity contribution in [2.75, 3.05) is 0 Å². The van der Waals surface area contributed by atoms with E-state index in [1.807, 2.05) is 31.2 Å². The molecule has 0 bridgehead atoms. The molecule has 2 N–H and O–H groups in total. The monoisotopic (exact) mass is 233 g/mol. The summed E-state index contributed by atoms with van der Waals surface area (Å²) in [5.74, 6) is -0.00797. The van der Waals surface area contributed by atoms with Crippen molar-refractivity contribution in [1.29, 1.82) is 0 Å². The van der Waals surface area contributed by atoms with E-state index in [9.17, 15) is 9.90 Å². The molecule has 0 saturated heterocycles. The average molecular weight is 233 g/mol. The topological polar surface area (TPSA) is 49.3 Å². The van der Waals surface area contributed by atoms with E-state index in [1.165, 1.54) is 0 Å². The van der Waals surface area contributed by atoms with Gasteiger partial charge in [-0.1, -0.05) is 17.7 Å². The molecule has 1 fully saturated rings. The lowest BCUT2D eigenvalue weighted by Crippen LogP contribution is -2.38. The fourth-order valence-electron chi connectivity index (χ4n) is 2.19. The first-order valence-electron chi connectivity index (χ1n) is 6.21. The predicted octanol–water partition coefficient (Wildman–Crippen LogP) is 2.03. The van der Waals surface area contributed by atoms with Crippen molar-refractivity contribution in [1.82, 2.24) is 5.32 Å². The number of rotatable bonds is 2. The minimum Gasteiger partial charge on any atom is -0.393 e. The molecule has 17 heavy (non-hydrogen) atoms. The summed E-state index contributed by atoms with van der Waals surface area (Å²) in [4.78, 5) is 11.9. The van der Waals surface area contributed by atoms with Gasteiger partial charge in [-0.25, -0.2) is 0 Å². The van der Waals surface area contributed by atoms with Crippen LogP contribution in [0.1, 0.15) is 41.6 Å². The highest BCUT2D eigenvalue weighted by Crippen LogP contribution is 2.18. The molecule has 1 aromatic carbocycles. The van der Waals surface area contributed by atoms with Gasteiger partial charge in [0.2, 0.25) is 0 Å². The van der Waals surface area contributed by atoms with Crippen LogP contribution in [0.4, 0.5) is 0 Å². The van der Waals surface area contributed by atoms with Gasteiger partial charge in [-0.3, -0.25) is 4.79 Å². The number of amides is 1. The van der Waals surface area contributed by atoms with Crippen LogP contribution in [0, 0.1) is 6.92 Å². The van der Waals surface area contributed by atoms with Crippen LogP contribution in [0.2, 0.25) is 0 Å². The Morgan fingerprint density at radius 2 is 1.76 bits per heavy atom. The van der Waals surface area contributed by atoms with E-state index < -0.39 is 0 Å². The molecule has 0 atom stereocenters. The van der Waals surface area contributed by atoms with Crippen LogP contribution in [-0.4, -0.2) is 23.2 Å². The van der Waals surface area contributed by atoms with Crippen LogP contribution in [0.25, 0.3) is 0 Å². The van der Waals surface area contributed by atoms with Gasteiger partial charge in [-0.05, 0) is 44.7 Å². The molecule has 92 valence electrons. The van der Waals surface area contributed by atoms with Gasteiger partial charge in [0, 0.05) is 11.6 Å². The van der Waals surface area contributed by atoms with Gasteiger partial charge in [-0.2, -0.15) is 0 Å². The van der Waals surface area contributed by atoms with Crippen LogP contribution in [0.15, 0.2) is 24.3 Å². The van der Waals surface area contributed by atoms with Gasteiger partial charge >= 0.3 is 0 Å². The standard InChI is InChI=1S/C14H19NO2/c1-10-2-4-11(5-3-10)14(17)15-12-6-8-13(16)9-7-12/h2-5,12-13,16H,6-9H2,1H3,(H,15,17). The number of hydrogen-bond acceptors (Lipinski definition) is 2. The summed E-state index contributed by atoms with van der Waals surface area (Å²) in [6.07, 6.45) is 3.15. The minimum atomic E-state index is -0.178. The average Bonchev–Trinajstić information content (AvgIpc) is 2.33. The van der Waals surface area contributed by atoms with Crippen LogP contribution < -0.4 is 5.32 Å². The number of hydrogen-bond donors (Lipinski definition) is 2. The smallest absolute Gasteiger partial charge is 0.251 e. The van der Waals surface area contributed by atoms with Gasteiger partial charge in [0.1, 0.15) is 0 Å². The normalized spacial score (nSPS) is 24.4. The fourth-order valence-corrected chi connectivity index (χ4v) is 2.19. The lowest BCUT2D eigenvalue weighted by Gasteiger charge is -2.26. The number of benzene rings is 1. The molecule has 1 aromatic rings. The zero-order chi connectivity index (χ0) is 12.3. The molecule has 0 aromatic heterocycles. The zero-order valence-corrected chi connectivity index (χ0v) is 10.1. The minimum absolute atomic E-state index is 0.00797. The van der Waals surface area contributed by atoms with Gasteiger partial charge in [-0.15, -0.1) is 0 Å². The zero-order valence-electron chi connectivity index (χ0n) is 10.1. The highest BCUT2D eigenvalue weighted by molar-refractivity contribution is 5.94. The summed E-state index contributed by atoms with van der Waals surface area (Å²) in [5.41, 5.74) is 1.86. The first-order chi connectivity index (χ1) is 8.15. The Balaban J connectivity index is 1.91. The Morgan fingerprint density at radius 1 is 1.18 bits per heavy atom. The summed E-state index contributed by atoms with van der Waals surface area (Å²) < 4.78 is 0. The molecule has 1 aliphatic rings. The lowest BCUT2D eigenvalue weighted by atomic mass is 9.93. The second kappa shape index (κ2) is 5.32. The van der Waals surface area contributed by atoms with Crippen molar-refractivity contribution < 1.29 is 9.90 Å². The van der Waals surface area contributed by atoms with E-state index in [-0.39, 0.29) is 18.1 Å². The van der Waals surface area contributed by atoms with E-state index in [0.717, 1.165) is 31.2 Å². The van der Waals surface area contributed by atoms with Crippen LogP contribution in [0.5, 0.6) is 0 Å². The lowest BCUT2D eigenvalue weighted by molar-refractivity contribution is 0.0867. The highest BCUT2D eigenvalue weighted by atomic mass is 16.3. The molecule has 0 radical (unpaired) electrons. The second-order valence-corrected chi connectivity index (χ2v) is 4.84. The van der Waals surface area contributed by atoms with Crippen LogP contribution >= 0.6 is 0 Å². The molecule has 0 unspecified atom stereocenters. The molecule has 1 amide bonds. The molecule has 0 spiro atoms. The van der Waals surface area contributed by atoms with Crippen molar-refractivity contribution in [2.45, 2.75) is 44.8 Å². The number of carbonyl (C=O) groups is 1. The van der Waals surface area contributed by atoms with E-state index in [4.69, 9.17) is 0 Å². The molecule has 3 heteroatoms. The summed E-state index contributed by atoms with van der Waals surface area (Å²) in [7, 11) is 0. The van der Waals surface area contributed by atoms with Gasteiger partial charge in [0.15, 0.2) is 0 Å². The van der Waals surface area contributed by atoms with Crippen molar-refractivity contribution >= 4 is 5.91 Å². The highest BCUT2D eigenvalue weighted by Gasteiger charge is 2.20. The van der Waals surface area contributed by atoms with Crippen molar-refractivity contribution in [3.63, 3.8) is 0 Å². The third-order valence-electron chi connectivity index (χ3n) is 3.35. The molecule has 0 heterocycles. The molecular formula is C14H19NO2. The van der Waals surface area contributed by atoms with E-state index in [0.29, 0.717) is 5.56 Å². The predicted molar refractivity (Wildman–Crippen MR) is 66.9 cm³/mol. The number of carbonyl (C=O) groups excluding carboxylic acids is 1. The number of aliphatic hydroxyl groups is 1. The second-order valence-electron chi connectivity index (χ2n) is 4.84. The molecule has 0 aliphatic heterocycles. The third-order valence-corrected chi connectivity index (χ3v) is 3.35. The molecule has 1 saturated carbocycles. The van der Waals surface area contributed by atoms with Crippen LogP contribution in [0.3, 0.4) is 0 Å². The van der Waals surface area contributed by atoms with Crippen molar-refractivity contribution in [3.8, 4) is 0 Å². The van der Waals surface area contributed by atoms with Crippen molar-refractivity contribution in [3.05, 3.63) is 35.4 Å². The number of aryl methyl sites for hydroxylation is 1. The van der Waals surface area contributed by atoms with Crippen LogP contribution in [-0.2, 0) is 0 Å². The molecular weight excluding hydrogens is 214 g/mol. The maximum atomic E-state index is 11.9. The Labute approximate surface area is 102 Å². The number of aliphatic hydroxyl groups excluding tert-OH is 1. The quantitative estimate of drug-likeness (QED) is 0.821. The summed E-state index contributed by atoms with van der Waals surface area (Å²) >= 11 is 0. The summed E-state index contributed by atoms with van der Waals surface area (Å²) in [6.45, 7) is 2.00. The van der Waals surface area contributed by atoms with E-state index >= 15 is 0 Å². The summed E-state index contributed by atoms with van der Waals surface area (Å²) in [6, 6.07) is 7.80. The Bertz CT molecular complexity index is 378. The summed E-state index contributed by atoms with van der Waals surface area (Å²) in [5, 5.41) is 12.4. The van der Waals surface area contributed by atoms with Gasteiger partial charge in [0.05, 0.1) is 6.10 Å². The first-order valence-corrected chi connectivity index (χ1v) is 6.21. The maximum Gasteiger partial charge on any atom is 0.251 e. The molecule has 3 nitrogen and oxygen atoms in total. The Morgan fingerprint density at radius 3 is 2.35 bits per heavy atom. The van der Waals surface area contributed by atoms with Gasteiger partial charge in [0.25, 0.3) is 5.91 Å². The number of nitrogens with one attached hydrogen (secondary N) is 1. The first kappa shape index (κ1) is 12.1. The maximum absolute atomic E-state index is 11.9. The SMILES string of the molecule is Cc1ccc(C(=O)NC2CCC(O)CC2)cc1. The Hall–Kier alpha value is -1.35. The molecule has 1 aliphatic carbocycles. The fraction of sp³-hybridized carbons (Fsp3) is 0.500. The molecule has 2 rings (SSSR count). The van der Waals surface area contributed by atoms with Gasteiger partial charge < -0.3 is 10.4 Å². The Kier molecular flexibility index (Phi) is 3.79.